The van der Waals surface area contributed by atoms with Gasteiger partial charge in [-0.05, 0) is 29.6 Å². The maximum absolute atomic E-state index is 13.5. The minimum absolute atomic E-state index is 0.220. The average molecular weight is 333 g/mol. The van der Waals surface area contributed by atoms with Crippen molar-refractivity contribution in [1.82, 2.24) is 15.1 Å². The van der Waals surface area contributed by atoms with Crippen molar-refractivity contribution in [3.05, 3.63) is 65.2 Å². The summed E-state index contributed by atoms with van der Waals surface area (Å²) in [6, 6.07) is 9.13. The molecule has 0 spiro atoms. The topological polar surface area (TPSA) is 46.9 Å². The molecule has 118 valence electrons. The number of hydrogen-bond donors (Lipinski definition) is 1. The fourth-order valence-electron chi connectivity index (χ4n) is 2.13. The van der Waals surface area contributed by atoms with Gasteiger partial charge >= 0.3 is 0 Å². The van der Waals surface area contributed by atoms with E-state index >= 15 is 0 Å². The molecular weight excluding hydrogens is 320 g/mol. The van der Waals surface area contributed by atoms with Crippen molar-refractivity contribution in [3.63, 3.8) is 0 Å². The number of nitrogens with zero attached hydrogens (tertiary/aromatic N) is 2. The van der Waals surface area contributed by atoms with E-state index in [1.54, 1.807) is 22.2 Å². The van der Waals surface area contributed by atoms with Crippen LogP contribution in [0.1, 0.15) is 10.4 Å². The smallest absolute Gasteiger partial charge is 0.257 e. The van der Waals surface area contributed by atoms with Crippen LogP contribution in [0.25, 0.3) is 10.6 Å². The summed E-state index contributed by atoms with van der Waals surface area (Å²) in [6.45, 7) is 0.630. The van der Waals surface area contributed by atoms with Gasteiger partial charge < -0.3 is 5.32 Å². The zero-order valence-corrected chi connectivity index (χ0v) is 12.8. The Hall–Kier alpha value is -2.54. The van der Waals surface area contributed by atoms with Gasteiger partial charge in [0.15, 0.2) is 0 Å². The van der Waals surface area contributed by atoms with Gasteiger partial charge in [-0.15, -0.1) is 11.3 Å². The molecule has 0 saturated heterocycles. The number of carbonyl (C=O) groups is 1. The largest absolute Gasteiger partial charge is 0.350 e. The number of amides is 1. The van der Waals surface area contributed by atoms with E-state index in [2.05, 4.69) is 10.4 Å². The van der Waals surface area contributed by atoms with Crippen molar-refractivity contribution in [2.45, 2.75) is 6.54 Å². The highest BCUT2D eigenvalue weighted by Crippen LogP contribution is 2.22. The van der Waals surface area contributed by atoms with Crippen LogP contribution in [0.3, 0.4) is 0 Å². The Labute approximate surface area is 135 Å². The van der Waals surface area contributed by atoms with E-state index in [1.807, 2.05) is 23.6 Å². The first-order valence-corrected chi connectivity index (χ1v) is 7.82. The first kappa shape index (κ1) is 15.4. The van der Waals surface area contributed by atoms with Crippen molar-refractivity contribution in [2.24, 2.45) is 0 Å². The number of thiophene rings is 1. The molecule has 1 amide bonds. The Bertz CT molecular complexity index is 794. The lowest BCUT2D eigenvalue weighted by molar-refractivity contribution is 0.0943. The predicted molar refractivity (Wildman–Crippen MR) is 84.2 cm³/mol. The average Bonchev–Trinajstić information content (AvgIpc) is 3.18. The van der Waals surface area contributed by atoms with Gasteiger partial charge in [0.1, 0.15) is 22.9 Å². The monoisotopic (exact) mass is 333 g/mol. The Morgan fingerprint density at radius 3 is 2.65 bits per heavy atom. The Kier molecular flexibility index (Phi) is 4.47. The molecule has 0 aliphatic carbocycles. The minimum atomic E-state index is -0.874. The summed E-state index contributed by atoms with van der Waals surface area (Å²) in [4.78, 5) is 12.9. The summed E-state index contributed by atoms with van der Waals surface area (Å²) in [5, 5.41) is 8.85. The van der Waals surface area contributed by atoms with Gasteiger partial charge in [-0.2, -0.15) is 5.10 Å². The predicted octanol–water partition coefficient (Wildman–Crippen LogP) is 3.32. The van der Waals surface area contributed by atoms with Crippen molar-refractivity contribution in [2.75, 3.05) is 6.54 Å². The van der Waals surface area contributed by atoms with Crippen molar-refractivity contribution in [3.8, 4) is 10.6 Å². The van der Waals surface area contributed by atoms with Gasteiger partial charge in [0.25, 0.3) is 5.91 Å². The molecule has 3 rings (SSSR count). The summed E-state index contributed by atoms with van der Waals surface area (Å²) in [6.07, 6.45) is 1.80. The van der Waals surface area contributed by atoms with E-state index in [0.717, 1.165) is 22.7 Å². The Balaban J connectivity index is 1.58. The molecule has 0 radical (unpaired) electrons. The highest BCUT2D eigenvalue weighted by atomic mass is 32.1. The van der Waals surface area contributed by atoms with Crippen LogP contribution < -0.4 is 5.32 Å². The van der Waals surface area contributed by atoms with Crippen LogP contribution in [-0.4, -0.2) is 22.2 Å². The second-order valence-corrected chi connectivity index (χ2v) is 5.74. The molecule has 1 N–H and O–H groups in total. The second kappa shape index (κ2) is 6.70. The molecule has 0 aliphatic rings. The first-order valence-electron chi connectivity index (χ1n) is 6.94. The molecule has 0 fully saturated rings. The molecule has 0 saturated carbocycles. The lowest BCUT2D eigenvalue weighted by atomic mass is 10.2. The molecule has 2 aromatic heterocycles. The lowest BCUT2D eigenvalue weighted by Crippen LogP contribution is -2.29. The Morgan fingerprint density at radius 1 is 1.17 bits per heavy atom. The van der Waals surface area contributed by atoms with Gasteiger partial charge in [-0.3, -0.25) is 9.48 Å². The van der Waals surface area contributed by atoms with E-state index < -0.39 is 23.1 Å². The number of carbonyl (C=O) groups excluding carboxylic acids is 1. The van der Waals surface area contributed by atoms with Crippen LogP contribution in [0.4, 0.5) is 8.78 Å². The SMILES string of the molecule is O=C(NCCn1ccc(-c2cccs2)n1)c1c(F)cccc1F. The minimum Gasteiger partial charge on any atom is -0.350 e. The van der Waals surface area contributed by atoms with Crippen molar-refractivity contribution < 1.29 is 13.6 Å². The molecule has 0 atom stereocenters. The van der Waals surface area contributed by atoms with E-state index in [4.69, 9.17) is 0 Å². The molecule has 3 aromatic rings. The highest BCUT2D eigenvalue weighted by molar-refractivity contribution is 7.13. The van der Waals surface area contributed by atoms with Crippen LogP contribution in [0, 0.1) is 11.6 Å². The number of halogens is 2. The quantitative estimate of drug-likeness (QED) is 0.778. The maximum Gasteiger partial charge on any atom is 0.257 e. The third-order valence-corrected chi connectivity index (χ3v) is 4.12. The number of nitrogens with one attached hydrogen (secondary N) is 1. The standard InChI is InChI=1S/C16H13F2N3OS/c17-11-3-1-4-12(18)15(11)16(22)19-7-9-21-8-6-13(20-21)14-5-2-10-23-14/h1-6,8,10H,7,9H2,(H,19,22). The molecule has 2 heterocycles. The Morgan fingerprint density at radius 2 is 1.96 bits per heavy atom. The van der Waals surface area contributed by atoms with E-state index in [1.165, 1.54) is 6.07 Å². The lowest BCUT2D eigenvalue weighted by Gasteiger charge is -2.07. The second-order valence-electron chi connectivity index (χ2n) is 4.79. The zero-order chi connectivity index (χ0) is 16.2. The fourth-order valence-corrected chi connectivity index (χ4v) is 2.82. The molecule has 0 bridgehead atoms. The molecule has 1 aromatic carbocycles. The highest BCUT2D eigenvalue weighted by Gasteiger charge is 2.16. The number of rotatable bonds is 5. The third-order valence-electron chi connectivity index (χ3n) is 3.23. The van der Waals surface area contributed by atoms with Gasteiger partial charge in [-0.25, -0.2) is 8.78 Å². The summed E-state index contributed by atoms with van der Waals surface area (Å²) in [5.41, 5.74) is 0.290. The number of benzene rings is 1. The van der Waals surface area contributed by atoms with Crippen LogP contribution in [0.2, 0.25) is 0 Å². The van der Waals surface area contributed by atoms with Crippen LogP contribution in [-0.2, 0) is 6.54 Å². The van der Waals surface area contributed by atoms with Gasteiger partial charge in [-0.1, -0.05) is 12.1 Å². The molecule has 23 heavy (non-hydrogen) atoms. The number of hydrogen-bond acceptors (Lipinski definition) is 3. The molecule has 7 heteroatoms. The maximum atomic E-state index is 13.5. The summed E-state index contributed by atoms with van der Waals surface area (Å²) in [7, 11) is 0. The van der Waals surface area contributed by atoms with Crippen LogP contribution in [0.15, 0.2) is 48.0 Å². The van der Waals surface area contributed by atoms with Gasteiger partial charge in [0.2, 0.25) is 0 Å². The normalized spacial score (nSPS) is 10.7. The zero-order valence-electron chi connectivity index (χ0n) is 12.0. The third kappa shape index (κ3) is 3.45. The first-order chi connectivity index (χ1) is 11.1. The van der Waals surface area contributed by atoms with Crippen LogP contribution in [0.5, 0.6) is 0 Å². The van der Waals surface area contributed by atoms with E-state index in [0.29, 0.717) is 6.54 Å². The summed E-state index contributed by atoms with van der Waals surface area (Å²) >= 11 is 1.59. The summed E-state index contributed by atoms with van der Waals surface area (Å²) in [5.74, 6) is -2.52. The van der Waals surface area contributed by atoms with Gasteiger partial charge in [0.05, 0.1) is 11.4 Å². The van der Waals surface area contributed by atoms with Crippen molar-refractivity contribution >= 4 is 17.2 Å². The van der Waals surface area contributed by atoms with Crippen molar-refractivity contribution in [1.29, 1.82) is 0 Å². The van der Waals surface area contributed by atoms with Gasteiger partial charge in [0, 0.05) is 12.7 Å². The molecule has 0 aliphatic heterocycles. The number of aromatic nitrogens is 2. The van der Waals surface area contributed by atoms with E-state index in [9.17, 15) is 13.6 Å². The molecular formula is C16H13F2N3OS. The van der Waals surface area contributed by atoms with E-state index in [-0.39, 0.29) is 6.54 Å². The molecule has 4 nitrogen and oxygen atoms in total. The summed E-state index contributed by atoms with van der Waals surface area (Å²) < 4.78 is 28.7. The van der Waals surface area contributed by atoms with Crippen LogP contribution >= 0.6 is 11.3 Å². The fraction of sp³-hybridized carbons (Fsp3) is 0.125. The molecule has 0 unspecified atom stereocenters.